The maximum atomic E-state index is 15.1. The SMILES string of the molecule is C=C[C@@H](O)CC(CCC)[C@@H]1[C@@H]2[C@H](C[C@H]1O)OC(=CCCCC(=O)[O-])C2(F)F.[Na+]. The molecule has 0 amide bonds. The summed E-state index contributed by atoms with van der Waals surface area (Å²) in [5.41, 5.74) is 0. The van der Waals surface area contributed by atoms with E-state index in [-0.39, 0.29) is 67.6 Å². The summed E-state index contributed by atoms with van der Waals surface area (Å²) in [6.07, 6.45) is 2.14. The second kappa shape index (κ2) is 11.1. The van der Waals surface area contributed by atoms with Crippen molar-refractivity contribution in [2.45, 2.75) is 76.1 Å². The van der Waals surface area contributed by atoms with Crippen LogP contribution in [0.15, 0.2) is 24.5 Å². The molecule has 1 unspecified atom stereocenters. The Labute approximate surface area is 187 Å². The number of carboxylic acid groups (broad SMARTS) is 1. The van der Waals surface area contributed by atoms with Gasteiger partial charge in [0.05, 0.1) is 18.1 Å². The van der Waals surface area contributed by atoms with Gasteiger partial charge in [0.15, 0.2) is 5.76 Å². The first-order valence-corrected chi connectivity index (χ1v) is 9.65. The minimum absolute atomic E-state index is 0. The predicted octanol–water partition coefficient (Wildman–Crippen LogP) is -0.821. The maximum absolute atomic E-state index is 15.1. The molecule has 2 N–H and O–H groups in total. The van der Waals surface area contributed by atoms with Gasteiger partial charge in [-0.2, -0.15) is 8.78 Å². The van der Waals surface area contributed by atoms with Crippen LogP contribution in [0.5, 0.6) is 0 Å². The van der Waals surface area contributed by atoms with E-state index in [0.717, 1.165) is 6.42 Å². The summed E-state index contributed by atoms with van der Waals surface area (Å²) in [7, 11) is 0. The average molecular weight is 410 g/mol. The maximum Gasteiger partial charge on any atom is 1.00 e. The Morgan fingerprint density at radius 3 is 2.75 bits per heavy atom. The normalized spacial score (nSPS) is 31.5. The molecule has 8 heteroatoms. The Morgan fingerprint density at radius 1 is 1.50 bits per heavy atom. The Bertz CT molecular complexity index is 569. The number of aliphatic carboxylic acids is 1. The van der Waals surface area contributed by atoms with Crippen LogP contribution in [0.1, 0.15) is 51.9 Å². The van der Waals surface area contributed by atoms with Crippen LogP contribution in [-0.4, -0.2) is 40.4 Å². The fourth-order valence-corrected chi connectivity index (χ4v) is 4.55. The third kappa shape index (κ3) is 5.79. The number of unbranched alkanes of at least 4 members (excludes halogenated alkanes) is 1. The predicted molar refractivity (Wildman–Crippen MR) is 93.6 cm³/mol. The van der Waals surface area contributed by atoms with Gasteiger partial charge in [0.25, 0.3) is 0 Å². The number of halogens is 2. The second-order valence-electron chi connectivity index (χ2n) is 7.61. The van der Waals surface area contributed by atoms with E-state index in [1.165, 1.54) is 12.2 Å². The third-order valence-corrected chi connectivity index (χ3v) is 5.69. The van der Waals surface area contributed by atoms with Gasteiger partial charge in [0.1, 0.15) is 6.10 Å². The van der Waals surface area contributed by atoms with E-state index in [1.807, 2.05) is 6.92 Å². The molecule has 2 rings (SSSR count). The fraction of sp³-hybridized carbons (Fsp3) is 0.750. The van der Waals surface area contributed by atoms with Gasteiger partial charge >= 0.3 is 35.5 Å². The van der Waals surface area contributed by atoms with Crippen LogP contribution in [0, 0.1) is 17.8 Å². The monoisotopic (exact) mass is 410 g/mol. The molecule has 5 nitrogen and oxygen atoms in total. The smallest absolute Gasteiger partial charge is 0.550 e. The Balaban J connectivity index is 0.00000392. The van der Waals surface area contributed by atoms with Crippen molar-refractivity contribution in [3.05, 3.63) is 24.5 Å². The largest absolute Gasteiger partial charge is 1.00 e. The number of aliphatic hydroxyl groups is 2. The van der Waals surface area contributed by atoms with Crippen LogP contribution in [-0.2, 0) is 9.53 Å². The molecule has 6 atom stereocenters. The minimum Gasteiger partial charge on any atom is -0.550 e. The zero-order valence-electron chi connectivity index (χ0n) is 16.7. The van der Waals surface area contributed by atoms with Crippen LogP contribution >= 0.6 is 0 Å². The number of allylic oxidation sites excluding steroid dienone is 2. The Morgan fingerprint density at radius 2 is 2.18 bits per heavy atom. The number of carboxylic acids is 1. The molecule has 28 heavy (non-hydrogen) atoms. The molecule has 0 spiro atoms. The third-order valence-electron chi connectivity index (χ3n) is 5.69. The zero-order valence-corrected chi connectivity index (χ0v) is 18.7. The topological polar surface area (TPSA) is 89.8 Å². The number of alkyl halides is 2. The molecule has 0 radical (unpaired) electrons. The van der Waals surface area contributed by atoms with Crippen LogP contribution < -0.4 is 34.7 Å². The molecule has 1 aliphatic carbocycles. The van der Waals surface area contributed by atoms with Gasteiger partial charge in [0, 0.05) is 18.3 Å². The summed E-state index contributed by atoms with van der Waals surface area (Å²) in [4.78, 5) is 10.4. The molecule has 0 aromatic carbocycles. The van der Waals surface area contributed by atoms with Crippen molar-refractivity contribution < 1.29 is 63.2 Å². The molecule has 1 aliphatic heterocycles. The van der Waals surface area contributed by atoms with E-state index in [9.17, 15) is 20.1 Å². The van der Waals surface area contributed by atoms with Crippen molar-refractivity contribution in [2.24, 2.45) is 17.8 Å². The molecule has 0 aromatic heterocycles. The van der Waals surface area contributed by atoms with Crippen molar-refractivity contribution in [3.63, 3.8) is 0 Å². The van der Waals surface area contributed by atoms with Gasteiger partial charge in [-0.1, -0.05) is 25.8 Å². The molecular formula is C20H29F2NaO5. The number of rotatable bonds is 10. The van der Waals surface area contributed by atoms with E-state index in [1.54, 1.807) is 0 Å². The zero-order chi connectivity index (χ0) is 20.2. The summed E-state index contributed by atoms with van der Waals surface area (Å²) >= 11 is 0. The van der Waals surface area contributed by atoms with Crippen molar-refractivity contribution in [2.75, 3.05) is 0 Å². The van der Waals surface area contributed by atoms with Crippen molar-refractivity contribution in [1.82, 2.24) is 0 Å². The fourth-order valence-electron chi connectivity index (χ4n) is 4.55. The summed E-state index contributed by atoms with van der Waals surface area (Å²) in [6.45, 7) is 5.48. The van der Waals surface area contributed by atoms with Crippen LogP contribution in [0.4, 0.5) is 8.78 Å². The molecule has 2 aliphatic rings. The number of ether oxygens (including phenoxy) is 1. The van der Waals surface area contributed by atoms with Gasteiger partial charge in [-0.05, 0) is 37.7 Å². The molecule has 1 saturated carbocycles. The van der Waals surface area contributed by atoms with Crippen molar-refractivity contribution in [3.8, 4) is 0 Å². The first-order valence-electron chi connectivity index (χ1n) is 9.65. The number of carbonyl (C=O) groups is 1. The Kier molecular flexibility index (Phi) is 10.1. The van der Waals surface area contributed by atoms with Gasteiger partial charge in [-0.15, -0.1) is 6.58 Å². The van der Waals surface area contributed by atoms with Gasteiger partial charge < -0.3 is 24.9 Å². The number of carbonyl (C=O) groups excluding carboxylic acids is 1. The second-order valence-corrected chi connectivity index (χ2v) is 7.61. The molecular weight excluding hydrogens is 381 g/mol. The first-order chi connectivity index (χ1) is 12.7. The Hall–Kier alpha value is -0.470. The summed E-state index contributed by atoms with van der Waals surface area (Å²) in [5, 5.41) is 30.8. The van der Waals surface area contributed by atoms with E-state index >= 15 is 8.78 Å². The molecule has 0 aromatic rings. The summed E-state index contributed by atoms with van der Waals surface area (Å²) < 4.78 is 35.6. The molecule has 1 saturated heterocycles. The van der Waals surface area contributed by atoms with Crippen molar-refractivity contribution in [1.29, 1.82) is 0 Å². The van der Waals surface area contributed by atoms with Crippen molar-refractivity contribution >= 4 is 5.97 Å². The summed E-state index contributed by atoms with van der Waals surface area (Å²) in [6, 6.07) is 0. The number of fused-ring (bicyclic) bond motifs is 1. The van der Waals surface area contributed by atoms with Gasteiger partial charge in [-0.25, -0.2) is 0 Å². The van der Waals surface area contributed by atoms with E-state index in [4.69, 9.17) is 4.74 Å². The molecule has 1 heterocycles. The standard InChI is InChI=1S/C20H30F2O5.Na/c1-3-7-12(10-13(23)4-2)18-14(24)11-15-19(18)20(21,22)16(27-15)8-5-6-9-17(25)26;/h4,8,12-15,18-19,23-24H,2-3,5-7,9-11H2,1H3,(H,25,26);/q;+1/p-1/t12?,13-,14-,15+,18+,19+;/m1./s1. The summed E-state index contributed by atoms with van der Waals surface area (Å²) in [5.74, 6) is -6.94. The number of aliphatic hydroxyl groups excluding tert-OH is 2. The van der Waals surface area contributed by atoms with E-state index in [0.29, 0.717) is 6.42 Å². The van der Waals surface area contributed by atoms with Crippen LogP contribution in [0.25, 0.3) is 0 Å². The van der Waals surface area contributed by atoms with E-state index < -0.39 is 47.8 Å². The van der Waals surface area contributed by atoms with Gasteiger partial charge in [0.2, 0.25) is 0 Å². The number of hydrogen-bond donors (Lipinski definition) is 2. The molecule has 2 fully saturated rings. The van der Waals surface area contributed by atoms with E-state index in [2.05, 4.69) is 6.58 Å². The number of hydrogen-bond acceptors (Lipinski definition) is 5. The van der Waals surface area contributed by atoms with Crippen LogP contribution in [0.3, 0.4) is 0 Å². The molecule has 0 bridgehead atoms. The van der Waals surface area contributed by atoms with Crippen LogP contribution in [0.2, 0.25) is 0 Å². The first kappa shape index (κ1) is 25.6. The average Bonchev–Trinajstić information content (AvgIpc) is 3.04. The quantitative estimate of drug-likeness (QED) is 0.279. The molecule has 154 valence electrons. The minimum atomic E-state index is -3.22. The van der Waals surface area contributed by atoms with Gasteiger partial charge in [-0.3, -0.25) is 0 Å².